The fourth-order valence-corrected chi connectivity index (χ4v) is 6.07. The Morgan fingerprint density at radius 2 is 1.88 bits per heavy atom. The van der Waals surface area contributed by atoms with Crippen LogP contribution in [0, 0.1) is 11.7 Å². The number of nitrogens with one attached hydrogen (secondary N) is 2. The largest absolute Gasteiger partial charge is 0.492 e. The fraction of sp³-hybridized carbons (Fsp3) is 0.682. The van der Waals surface area contributed by atoms with Crippen LogP contribution in [0.25, 0.3) is 0 Å². The van der Waals surface area contributed by atoms with Crippen molar-refractivity contribution in [3.05, 3.63) is 28.5 Å². The van der Waals surface area contributed by atoms with Crippen LogP contribution in [0.1, 0.15) is 55.3 Å². The van der Waals surface area contributed by atoms with Crippen molar-refractivity contribution in [1.82, 2.24) is 14.3 Å². The van der Waals surface area contributed by atoms with E-state index in [1.54, 1.807) is 0 Å². The summed E-state index contributed by atoms with van der Waals surface area (Å²) < 4.78 is 54.8. The first-order valence-corrected chi connectivity index (χ1v) is 13.4. The predicted octanol–water partition coefficient (Wildman–Crippen LogP) is 2.87. The predicted molar refractivity (Wildman–Crippen MR) is 122 cm³/mol. The average Bonchev–Trinajstić information content (AvgIpc) is 3.47. The highest BCUT2D eigenvalue weighted by Gasteiger charge is 2.35. The molecule has 4 rings (SSSR count). The lowest BCUT2D eigenvalue weighted by atomic mass is 10.1. The standard InChI is InChI=1S/C22H31ClFN3O5S/c23-19-11-18(20(24)12-21(19)31-14-15-3-1-2-4-15)22(28)26-33(29,30)27-10-7-17(13-27)32-16-5-8-25-9-6-16/h11-12,15-17,25H,1-10,13-14H2,(H,26,28)/t17-/m0/s1. The summed E-state index contributed by atoms with van der Waals surface area (Å²) >= 11 is 6.19. The highest BCUT2D eigenvalue weighted by atomic mass is 35.5. The van der Waals surface area contributed by atoms with Crippen LogP contribution in [0.15, 0.2) is 12.1 Å². The maximum atomic E-state index is 14.6. The van der Waals surface area contributed by atoms with Crippen molar-refractivity contribution in [2.45, 2.75) is 57.2 Å². The molecule has 1 aliphatic carbocycles. The third kappa shape index (κ3) is 6.36. The van der Waals surface area contributed by atoms with E-state index in [9.17, 15) is 17.6 Å². The van der Waals surface area contributed by atoms with Crippen molar-refractivity contribution in [2.24, 2.45) is 5.92 Å². The molecule has 1 aromatic carbocycles. The van der Waals surface area contributed by atoms with Crippen LogP contribution >= 0.6 is 11.6 Å². The molecule has 3 fully saturated rings. The van der Waals surface area contributed by atoms with E-state index in [1.807, 2.05) is 4.72 Å². The normalized spacial score (nSPS) is 23.2. The van der Waals surface area contributed by atoms with E-state index in [0.29, 0.717) is 18.9 Å². The first-order valence-electron chi connectivity index (χ1n) is 11.6. The highest BCUT2D eigenvalue weighted by Crippen LogP contribution is 2.31. The molecular formula is C22H31ClFN3O5S. The van der Waals surface area contributed by atoms with Crippen LogP contribution in [0.2, 0.25) is 5.02 Å². The molecule has 0 unspecified atom stereocenters. The molecule has 1 amide bonds. The van der Waals surface area contributed by atoms with Crippen LogP contribution in [0.3, 0.4) is 0 Å². The van der Waals surface area contributed by atoms with Gasteiger partial charge < -0.3 is 14.8 Å². The molecule has 0 bridgehead atoms. The Balaban J connectivity index is 1.34. The van der Waals surface area contributed by atoms with Gasteiger partial charge in [0, 0.05) is 19.2 Å². The topological polar surface area (TPSA) is 97.0 Å². The lowest BCUT2D eigenvalue weighted by Crippen LogP contribution is -2.43. The monoisotopic (exact) mass is 503 g/mol. The van der Waals surface area contributed by atoms with Gasteiger partial charge in [0.2, 0.25) is 0 Å². The fourth-order valence-electron chi connectivity index (χ4n) is 4.67. The molecule has 1 saturated carbocycles. The van der Waals surface area contributed by atoms with E-state index in [-0.39, 0.29) is 36.1 Å². The van der Waals surface area contributed by atoms with Gasteiger partial charge in [0.1, 0.15) is 11.6 Å². The second-order valence-corrected chi connectivity index (χ2v) is 11.1. The maximum Gasteiger partial charge on any atom is 0.304 e. The number of carbonyl (C=O) groups excluding carboxylic acids is 1. The van der Waals surface area contributed by atoms with Gasteiger partial charge in [-0.1, -0.05) is 24.4 Å². The molecule has 2 saturated heterocycles. The van der Waals surface area contributed by atoms with E-state index in [0.717, 1.165) is 68.1 Å². The zero-order valence-electron chi connectivity index (χ0n) is 18.5. The second-order valence-electron chi connectivity index (χ2n) is 9.01. The van der Waals surface area contributed by atoms with Crippen molar-refractivity contribution in [1.29, 1.82) is 0 Å². The van der Waals surface area contributed by atoms with Crippen molar-refractivity contribution in [2.75, 3.05) is 32.8 Å². The molecule has 3 aliphatic rings. The van der Waals surface area contributed by atoms with Crippen LogP contribution in [-0.4, -0.2) is 63.6 Å². The van der Waals surface area contributed by atoms with Crippen LogP contribution in [0.5, 0.6) is 5.75 Å². The molecule has 0 radical (unpaired) electrons. The minimum Gasteiger partial charge on any atom is -0.492 e. The van der Waals surface area contributed by atoms with E-state index < -0.39 is 27.5 Å². The number of halogens is 2. The number of hydrogen-bond donors (Lipinski definition) is 2. The maximum absolute atomic E-state index is 14.6. The van der Waals surface area contributed by atoms with E-state index >= 15 is 0 Å². The smallest absolute Gasteiger partial charge is 0.304 e. The number of benzene rings is 1. The zero-order chi connectivity index (χ0) is 23.4. The van der Waals surface area contributed by atoms with Crippen LogP contribution in [0.4, 0.5) is 4.39 Å². The molecule has 33 heavy (non-hydrogen) atoms. The molecule has 2 aliphatic heterocycles. The Morgan fingerprint density at radius 1 is 1.15 bits per heavy atom. The molecule has 0 aromatic heterocycles. The molecule has 11 heteroatoms. The molecule has 2 N–H and O–H groups in total. The average molecular weight is 504 g/mol. The molecular weight excluding hydrogens is 473 g/mol. The Morgan fingerprint density at radius 3 is 2.61 bits per heavy atom. The van der Waals surface area contributed by atoms with Crippen LogP contribution < -0.4 is 14.8 Å². The number of carbonyl (C=O) groups is 1. The minimum absolute atomic E-state index is 0.0635. The highest BCUT2D eigenvalue weighted by molar-refractivity contribution is 7.87. The number of hydrogen-bond acceptors (Lipinski definition) is 6. The second kappa shape index (κ2) is 10.9. The molecule has 0 spiro atoms. The van der Waals surface area contributed by atoms with Gasteiger partial charge in [0.25, 0.3) is 5.91 Å². The minimum atomic E-state index is -4.14. The lowest BCUT2D eigenvalue weighted by Gasteiger charge is -2.26. The Labute approximate surface area is 199 Å². The van der Waals surface area contributed by atoms with E-state index in [4.69, 9.17) is 21.1 Å². The summed E-state index contributed by atoms with van der Waals surface area (Å²) in [5.41, 5.74) is -0.446. The first-order chi connectivity index (χ1) is 15.8. The lowest BCUT2D eigenvalue weighted by molar-refractivity contribution is -0.0183. The first kappa shape index (κ1) is 24.7. The summed E-state index contributed by atoms with van der Waals surface area (Å²) in [5, 5.41) is 3.32. The van der Waals surface area contributed by atoms with Gasteiger partial charge >= 0.3 is 10.2 Å². The van der Waals surface area contributed by atoms with Crippen molar-refractivity contribution < 1.29 is 27.1 Å². The number of ether oxygens (including phenoxy) is 2. The van der Waals surface area contributed by atoms with Gasteiger partial charge in [-0.15, -0.1) is 0 Å². The van der Waals surface area contributed by atoms with Gasteiger partial charge in [-0.2, -0.15) is 12.7 Å². The van der Waals surface area contributed by atoms with Crippen molar-refractivity contribution in [3.63, 3.8) is 0 Å². The van der Waals surface area contributed by atoms with Gasteiger partial charge in [-0.05, 0) is 57.2 Å². The van der Waals surface area contributed by atoms with Gasteiger partial charge in [0.05, 0.1) is 29.4 Å². The molecule has 2 heterocycles. The van der Waals surface area contributed by atoms with Crippen LogP contribution in [-0.2, 0) is 14.9 Å². The third-order valence-electron chi connectivity index (χ3n) is 6.56. The summed E-state index contributed by atoms with van der Waals surface area (Å²) in [6, 6.07) is 2.15. The summed E-state index contributed by atoms with van der Waals surface area (Å²) in [7, 11) is -4.14. The number of nitrogens with zero attached hydrogens (tertiary/aromatic N) is 1. The van der Waals surface area contributed by atoms with Gasteiger partial charge in [-0.3, -0.25) is 4.79 Å². The summed E-state index contributed by atoms with van der Waals surface area (Å²) in [6.07, 6.45) is 6.67. The molecule has 8 nitrogen and oxygen atoms in total. The van der Waals surface area contributed by atoms with E-state index in [1.165, 1.54) is 0 Å². The van der Waals surface area contributed by atoms with Crippen molar-refractivity contribution in [3.8, 4) is 5.75 Å². The summed E-state index contributed by atoms with van der Waals surface area (Å²) in [4.78, 5) is 12.6. The third-order valence-corrected chi connectivity index (χ3v) is 8.31. The number of amides is 1. The molecule has 1 atom stereocenters. The van der Waals surface area contributed by atoms with Gasteiger partial charge in [-0.25, -0.2) is 9.11 Å². The molecule has 1 aromatic rings. The number of rotatable bonds is 8. The Hall–Kier alpha value is -1.46. The van der Waals surface area contributed by atoms with Gasteiger partial charge in [0.15, 0.2) is 0 Å². The quantitative estimate of drug-likeness (QED) is 0.566. The summed E-state index contributed by atoms with van der Waals surface area (Å²) in [6.45, 7) is 2.59. The number of piperidine rings is 1. The molecule has 184 valence electrons. The SMILES string of the molecule is O=C(NS(=O)(=O)N1CC[C@H](OC2CCNCC2)C1)c1cc(Cl)c(OCC2CCCC2)cc1F. The summed E-state index contributed by atoms with van der Waals surface area (Å²) in [5.74, 6) is -1.39. The zero-order valence-corrected chi connectivity index (χ0v) is 20.1. The Kier molecular flexibility index (Phi) is 8.11. The Bertz CT molecular complexity index is 952. The van der Waals surface area contributed by atoms with E-state index in [2.05, 4.69) is 5.32 Å². The van der Waals surface area contributed by atoms with Crippen molar-refractivity contribution >= 4 is 27.7 Å².